The molecular weight excluding hydrogens is 332 g/mol. The first-order valence-corrected chi connectivity index (χ1v) is 8.93. The quantitative estimate of drug-likeness (QED) is 0.842. The molecule has 0 spiro atoms. The number of likely N-dealkylation sites (tertiary alicyclic amines) is 1. The van der Waals surface area contributed by atoms with Gasteiger partial charge in [0.05, 0.1) is 0 Å². The summed E-state index contributed by atoms with van der Waals surface area (Å²) in [5.74, 6) is -0.0845. The van der Waals surface area contributed by atoms with Gasteiger partial charge in [-0.3, -0.25) is 14.9 Å². The van der Waals surface area contributed by atoms with Crippen molar-refractivity contribution in [2.45, 2.75) is 38.8 Å². The Hall–Kier alpha value is -2.74. The SMILES string of the molecule is NCc1ccc(C(=O)Nc2ncn(CC(=O)N3CCCCCC3)n2)cc1. The third-order valence-corrected chi connectivity index (χ3v) is 4.47. The summed E-state index contributed by atoms with van der Waals surface area (Å²) in [4.78, 5) is 30.5. The predicted octanol–water partition coefficient (Wildman–Crippen LogP) is 1.39. The van der Waals surface area contributed by atoms with Gasteiger partial charge in [-0.1, -0.05) is 25.0 Å². The molecule has 3 rings (SSSR count). The maximum atomic E-state index is 12.4. The number of rotatable bonds is 5. The summed E-state index contributed by atoms with van der Waals surface area (Å²) in [5, 5.41) is 6.81. The van der Waals surface area contributed by atoms with Gasteiger partial charge in [0, 0.05) is 25.2 Å². The van der Waals surface area contributed by atoms with E-state index in [4.69, 9.17) is 5.73 Å². The Kier molecular flexibility index (Phi) is 5.96. The van der Waals surface area contributed by atoms with Crippen molar-refractivity contribution in [1.82, 2.24) is 19.7 Å². The molecule has 26 heavy (non-hydrogen) atoms. The number of aromatic nitrogens is 3. The van der Waals surface area contributed by atoms with Crippen LogP contribution in [0.2, 0.25) is 0 Å². The van der Waals surface area contributed by atoms with Crippen molar-refractivity contribution in [3.05, 3.63) is 41.7 Å². The van der Waals surface area contributed by atoms with Crippen LogP contribution in [0.15, 0.2) is 30.6 Å². The average molecular weight is 356 g/mol. The number of carbonyl (C=O) groups excluding carboxylic acids is 2. The van der Waals surface area contributed by atoms with Gasteiger partial charge in [-0.15, -0.1) is 5.10 Å². The van der Waals surface area contributed by atoms with Gasteiger partial charge >= 0.3 is 0 Å². The number of anilines is 1. The van der Waals surface area contributed by atoms with E-state index in [9.17, 15) is 9.59 Å². The Bertz CT molecular complexity index is 747. The topological polar surface area (TPSA) is 106 Å². The Labute approximate surface area is 152 Å². The van der Waals surface area contributed by atoms with Crippen LogP contribution in [0, 0.1) is 0 Å². The van der Waals surface area contributed by atoms with Crippen molar-refractivity contribution in [1.29, 1.82) is 0 Å². The first-order valence-electron chi connectivity index (χ1n) is 8.93. The van der Waals surface area contributed by atoms with Gasteiger partial charge in [-0.05, 0) is 30.5 Å². The summed E-state index contributed by atoms with van der Waals surface area (Å²) < 4.78 is 1.46. The minimum atomic E-state index is -0.301. The van der Waals surface area contributed by atoms with E-state index in [0.29, 0.717) is 12.1 Å². The van der Waals surface area contributed by atoms with E-state index < -0.39 is 0 Å². The molecule has 1 aromatic heterocycles. The molecule has 1 aromatic carbocycles. The maximum Gasteiger partial charge on any atom is 0.258 e. The van der Waals surface area contributed by atoms with Crippen LogP contribution in [0.4, 0.5) is 5.95 Å². The molecule has 1 aliphatic rings. The minimum Gasteiger partial charge on any atom is -0.341 e. The zero-order valence-corrected chi connectivity index (χ0v) is 14.7. The van der Waals surface area contributed by atoms with E-state index in [1.165, 1.54) is 23.9 Å². The Morgan fingerprint density at radius 2 is 1.77 bits per heavy atom. The van der Waals surface area contributed by atoms with E-state index >= 15 is 0 Å². The van der Waals surface area contributed by atoms with Crippen LogP contribution >= 0.6 is 0 Å². The zero-order valence-electron chi connectivity index (χ0n) is 14.7. The highest BCUT2D eigenvalue weighted by atomic mass is 16.2. The number of nitrogens with zero attached hydrogens (tertiary/aromatic N) is 4. The molecular formula is C18H24N6O2. The number of amides is 2. The van der Waals surface area contributed by atoms with Gasteiger partial charge < -0.3 is 10.6 Å². The van der Waals surface area contributed by atoms with E-state index in [-0.39, 0.29) is 24.3 Å². The lowest BCUT2D eigenvalue weighted by Gasteiger charge is -2.19. The van der Waals surface area contributed by atoms with Crippen LogP contribution in [0.5, 0.6) is 0 Å². The summed E-state index contributed by atoms with van der Waals surface area (Å²) in [6.07, 6.45) is 5.91. The molecule has 2 heterocycles. The lowest BCUT2D eigenvalue weighted by molar-refractivity contribution is -0.132. The van der Waals surface area contributed by atoms with Crippen LogP contribution < -0.4 is 11.1 Å². The Morgan fingerprint density at radius 3 is 2.42 bits per heavy atom. The molecule has 0 radical (unpaired) electrons. The fraction of sp³-hybridized carbons (Fsp3) is 0.444. The molecule has 0 aliphatic carbocycles. The third-order valence-electron chi connectivity index (χ3n) is 4.47. The van der Waals surface area contributed by atoms with Crippen LogP contribution in [0.3, 0.4) is 0 Å². The zero-order chi connectivity index (χ0) is 18.4. The van der Waals surface area contributed by atoms with Crippen molar-refractivity contribution in [2.75, 3.05) is 18.4 Å². The molecule has 0 unspecified atom stereocenters. The number of hydrogen-bond acceptors (Lipinski definition) is 5. The van der Waals surface area contributed by atoms with Crippen molar-refractivity contribution in [3.8, 4) is 0 Å². The van der Waals surface area contributed by atoms with E-state index in [0.717, 1.165) is 31.5 Å². The van der Waals surface area contributed by atoms with Crippen LogP contribution in [0.25, 0.3) is 0 Å². The van der Waals surface area contributed by atoms with Crippen molar-refractivity contribution in [3.63, 3.8) is 0 Å². The minimum absolute atomic E-state index is 0.0343. The van der Waals surface area contributed by atoms with Crippen LogP contribution in [-0.4, -0.2) is 44.6 Å². The summed E-state index contributed by atoms with van der Waals surface area (Å²) in [6, 6.07) is 7.02. The van der Waals surface area contributed by atoms with Gasteiger partial charge in [0.2, 0.25) is 11.9 Å². The molecule has 8 heteroatoms. The summed E-state index contributed by atoms with van der Waals surface area (Å²) in [7, 11) is 0. The first-order chi connectivity index (χ1) is 12.7. The van der Waals surface area contributed by atoms with Crippen molar-refractivity contribution < 1.29 is 9.59 Å². The fourth-order valence-electron chi connectivity index (χ4n) is 2.95. The fourth-order valence-corrected chi connectivity index (χ4v) is 2.95. The number of nitrogens with two attached hydrogens (primary N) is 1. The normalized spacial score (nSPS) is 14.7. The lowest BCUT2D eigenvalue weighted by Crippen LogP contribution is -2.34. The summed E-state index contributed by atoms with van der Waals surface area (Å²) in [5.41, 5.74) is 7.00. The maximum absolute atomic E-state index is 12.4. The van der Waals surface area contributed by atoms with E-state index in [1.54, 1.807) is 24.3 Å². The largest absolute Gasteiger partial charge is 0.341 e. The smallest absolute Gasteiger partial charge is 0.258 e. The van der Waals surface area contributed by atoms with Crippen LogP contribution in [0.1, 0.15) is 41.6 Å². The van der Waals surface area contributed by atoms with E-state index in [1.807, 2.05) is 4.90 Å². The molecule has 0 saturated carbocycles. The number of benzene rings is 1. The number of carbonyl (C=O) groups is 2. The average Bonchev–Trinajstić information content (AvgIpc) is 2.92. The monoisotopic (exact) mass is 356 g/mol. The summed E-state index contributed by atoms with van der Waals surface area (Å²) in [6.45, 7) is 2.17. The van der Waals surface area contributed by atoms with Gasteiger partial charge in [0.1, 0.15) is 12.9 Å². The molecule has 138 valence electrons. The summed E-state index contributed by atoms with van der Waals surface area (Å²) >= 11 is 0. The highest BCUT2D eigenvalue weighted by Gasteiger charge is 2.17. The number of hydrogen-bond donors (Lipinski definition) is 2. The molecule has 1 fully saturated rings. The van der Waals surface area contributed by atoms with Gasteiger partial charge in [-0.25, -0.2) is 9.67 Å². The molecule has 0 atom stereocenters. The molecule has 2 amide bonds. The molecule has 1 aliphatic heterocycles. The lowest BCUT2D eigenvalue weighted by atomic mass is 10.1. The number of nitrogens with one attached hydrogen (secondary N) is 1. The standard InChI is InChI=1S/C18H24N6O2/c19-11-14-5-7-15(8-6-14)17(26)21-18-20-13-24(22-18)12-16(25)23-9-3-1-2-4-10-23/h5-8,13H,1-4,9-12,19H2,(H,21,22,26). The Morgan fingerprint density at radius 1 is 1.08 bits per heavy atom. The van der Waals surface area contributed by atoms with Crippen molar-refractivity contribution >= 4 is 17.8 Å². The van der Waals surface area contributed by atoms with Gasteiger partial charge in [-0.2, -0.15) is 0 Å². The molecule has 2 aromatic rings. The third kappa shape index (κ3) is 4.66. The highest BCUT2D eigenvalue weighted by molar-refractivity contribution is 6.03. The first kappa shape index (κ1) is 18.1. The predicted molar refractivity (Wildman–Crippen MR) is 97.4 cm³/mol. The van der Waals surface area contributed by atoms with Crippen LogP contribution in [-0.2, 0) is 17.9 Å². The molecule has 1 saturated heterocycles. The molecule has 8 nitrogen and oxygen atoms in total. The molecule has 0 bridgehead atoms. The van der Waals surface area contributed by atoms with E-state index in [2.05, 4.69) is 15.4 Å². The van der Waals surface area contributed by atoms with Gasteiger partial charge in [0.15, 0.2) is 0 Å². The molecule has 3 N–H and O–H groups in total. The van der Waals surface area contributed by atoms with Crippen molar-refractivity contribution in [2.24, 2.45) is 5.73 Å². The highest BCUT2D eigenvalue weighted by Crippen LogP contribution is 2.11. The second-order valence-corrected chi connectivity index (χ2v) is 6.42. The second kappa shape index (κ2) is 8.57. The second-order valence-electron chi connectivity index (χ2n) is 6.42. The Balaban J connectivity index is 1.56. The van der Waals surface area contributed by atoms with Gasteiger partial charge in [0.25, 0.3) is 5.91 Å².